The molecule has 3 aliphatic carbocycles. The molecule has 0 aromatic carbocycles. The molecule has 0 aromatic rings. The predicted molar refractivity (Wildman–Crippen MR) is 95.7 cm³/mol. The zero-order valence-corrected chi connectivity index (χ0v) is 15.8. The summed E-state index contributed by atoms with van der Waals surface area (Å²) in [5.41, 5.74) is 0.487. The van der Waals surface area contributed by atoms with Gasteiger partial charge in [-0.1, -0.05) is 20.4 Å². The van der Waals surface area contributed by atoms with Crippen LogP contribution in [-0.4, -0.2) is 24.1 Å². The minimum Gasteiger partial charge on any atom is -0.462 e. The molecule has 0 aromatic heterocycles. The minimum absolute atomic E-state index is 0.00284. The molecule has 1 aliphatic heterocycles. The summed E-state index contributed by atoms with van der Waals surface area (Å²) in [6.45, 7) is 9.58. The number of ether oxygens (including phenoxy) is 2. The summed E-state index contributed by atoms with van der Waals surface area (Å²) in [4.78, 5) is 23.7. The van der Waals surface area contributed by atoms with Crippen LogP contribution in [-0.2, 0) is 19.1 Å². The number of hydrogen-bond donors (Lipinski definition) is 0. The molecule has 1 heterocycles. The van der Waals surface area contributed by atoms with Crippen molar-refractivity contribution in [2.24, 2.45) is 29.6 Å². The highest BCUT2D eigenvalue weighted by Gasteiger charge is 2.44. The molecule has 0 amide bonds. The third-order valence-electron chi connectivity index (χ3n) is 6.61. The molecule has 6 unspecified atom stereocenters. The molecular formula is C21H32O4. The molecule has 2 bridgehead atoms. The van der Waals surface area contributed by atoms with Crippen molar-refractivity contribution in [2.45, 2.75) is 77.9 Å². The van der Waals surface area contributed by atoms with Crippen molar-refractivity contribution in [3.8, 4) is 0 Å². The maximum absolute atomic E-state index is 11.9. The number of fused-ring (bicyclic) bond motifs is 3. The first-order valence-corrected chi connectivity index (χ1v) is 9.92. The van der Waals surface area contributed by atoms with E-state index in [0.717, 1.165) is 32.1 Å². The highest BCUT2D eigenvalue weighted by Crippen LogP contribution is 2.48. The van der Waals surface area contributed by atoms with E-state index in [9.17, 15) is 9.59 Å². The fourth-order valence-electron chi connectivity index (χ4n) is 5.04. The average molecular weight is 348 g/mol. The Morgan fingerprint density at radius 2 is 1.92 bits per heavy atom. The first kappa shape index (κ1) is 18.5. The predicted octanol–water partition coefficient (Wildman–Crippen LogP) is 4.28. The van der Waals surface area contributed by atoms with E-state index < -0.39 is 0 Å². The lowest BCUT2D eigenvalue weighted by molar-refractivity contribution is -0.155. The van der Waals surface area contributed by atoms with Crippen LogP contribution in [0.3, 0.4) is 0 Å². The lowest BCUT2D eigenvalue weighted by Gasteiger charge is -2.47. The van der Waals surface area contributed by atoms with Gasteiger partial charge in [0, 0.05) is 5.57 Å². The van der Waals surface area contributed by atoms with Crippen LogP contribution in [0.1, 0.15) is 65.7 Å². The SMILES string of the molecule is C=C(C)C(=O)OC1CC2CCC1CC2CCC1CC(C(C)C)C(=O)O1. The Labute approximate surface area is 151 Å². The maximum Gasteiger partial charge on any atom is 0.333 e. The van der Waals surface area contributed by atoms with E-state index in [1.165, 1.54) is 12.8 Å². The lowest BCUT2D eigenvalue weighted by Crippen LogP contribution is -2.43. The van der Waals surface area contributed by atoms with Crippen molar-refractivity contribution < 1.29 is 19.1 Å². The standard InChI is InChI=1S/C21H32O4/c1-12(2)18-11-17(24-21(18)23)8-7-14-9-16-6-5-15(14)10-19(16)25-20(22)13(3)4/h12,14-19H,3,5-11H2,1-2,4H3. The fraction of sp³-hybridized carbons (Fsp3) is 0.810. The summed E-state index contributed by atoms with van der Waals surface area (Å²) in [6.07, 6.45) is 7.74. The van der Waals surface area contributed by atoms with Crippen molar-refractivity contribution in [1.29, 1.82) is 0 Å². The van der Waals surface area contributed by atoms with Crippen LogP contribution < -0.4 is 0 Å². The Bertz CT molecular complexity index is 538. The molecule has 4 aliphatic rings. The van der Waals surface area contributed by atoms with Gasteiger partial charge < -0.3 is 9.47 Å². The van der Waals surface area contributed by atoms with E-state index in [0.29, 0.717) is 29.2 Å². The van der Waals surface area contributed by atoms with Crippen molar-refractivity contribution in [3.05, 3.63) is 12.2 Å². The second kappa shape index (κ2) is 7.51. The van der Waals surface area contributed by atoms with Gasteiger partial charge in [-0.3, -0.25) is 4.79 Å². The largest absolute Gasteiger partial charge is 0.462 e. The molecule has 0 spiro atoms. The third kappa shape index (κ3) is 4.09. The van der Waals surface area contributed by atoms with E-state index in [1.807, 2.05) is 0 Å². The van der Waals surface area contributed by atoms with Gasteiger partial charge in [0.2, 0.25) is 0 Å². The lowest BCUT2D eigenvalue weighted by atomic mass is 9.62. The van der Waals surface area contributed by atoms with Crippen LogP contribution in [0.15, 0.2) is 12.2 Å². The Balaban J connectivity index is 1.48. The monoisotopic (exact) mass is 348 g/mol. The number of carbonyl (C=O) groups is 2. The van der Waals surface area contributed by atoms with Crippen LogP contribution in [0.2, 0.25) is 0 Å². The second-order valence-corrected chi connectivity index (χ2v) is 8.78. The maximum atomic E-state index is 11.9. The highest BCUT2D eigenvalue weighted by molar-refractivity contribution is 5.87. The van der Waals surface area contributed by atoms with Crippen LogP contribution in [0.4, 0.5) is 0 Å². The van der Waals surface area contributed by atoms with Gasteiger partial charge in [-0.15, -0.1) is 0 Å². The molecule has 3 saturated carbocycles. The third-order valence-corrected chi connectivity index (χ3v) is 6.61. The molecule has 0 N–H and O–H groups in total. The smallest absolute Gasteiger partial charge is 0.333 e. The van der Waals surface area contributed by atoms with Gasteiger partial charge in [0.1, 0.15) is 12.2 Å². The van der Waals surface area contributed by atoms with Crippen LogP contribution in [0.25, 0.3) is 0 Å². The first-order valence-electron chi connectivity index (χ1n) is 9.92. The van der Waals surface area contributed by atoms with Crippen molar-refractivity contribution in [1.82, 2.24) is 0 Å². The summed E-state index contributed by atoms with van der Waals surface area (Å²) < 4.78 is 11.2. The summed E-state index contributed by atoms with van der Waals surface area (Å²) in [5, 5.41) is 0. The van der Waals surface area contributed by atoms with Gasteiger partial charge in [0.05, 0.1) is 5.92 Å². The quantitative estimate of drug-likeness (QED) is 0.531. The van der Waals surface area contributed by atoms with Crippen molar-refractivity contribution in [2.75, 3.05) is 0 Å². The zero-order valence-electron chi connectivity index (χ0n) is 15.8. The minimum atomic E-state index is -0.244. The number of cyclic esters (lactones) is 1. The number of carbonyl (C=O) groups excluding carboxylic acids is 2. The van der Waals surface area contributed by atoms with E-state index in [2.05, 4.69) is 20.4 Å². The van der Waals surface area contributed by atoms with Crippen molar-refractivity contribution in [3.63, 3.8) is 0 Å². The second-order valence-electron chi connectivity index (χ2n) is 8.78. The Morgan fingerprint density at radius 1 is 1.20 bits per heavy atom. The number of esters is 2. The summed E-state index contributed by atoms with van der Waals surface area (Å²) in [7, 11) is 0. The topological polar surface area (TPSA) is 52.6 Å². The van der Waals surface area contributed by atoms with Gasteiger partial charge >= 0.3 is 11.9 Å². The average Bonchev–Trinajstić information content (AvgIpc) is 2.95. The van der Waals surface area contributed by atoms with Crippen LogP contribution in [0, 0.1) is 29.6 Å². The molecule has 6 atom stereocenters. The summed E-state index contributed by atoms with van der Waals surface area (Å²) in [6, 6.07) is 0. The molecule has 140 valence electrons. The summed E-state index contributed by atoms with van der Waals surface area (Å²) >= 11 is 0. The van der Waals surface area contributed by atoms with Gasteiger partial charge in [-0.05, 0) is 75.5 Å². The van der Waals surface area contributed by atoms with Gasteiger partial charge in [-0.2, -0.15) is 0 Å². The van der Waals surface area contributed by atoms with E-state index in [-0.39, 0.29) is 30.1 Å². The fourth-order valence-corrected chi connectivity index (χ4v) is 5.04. The van der Waals surface area contributed by atoms with Crippen LogP contribution in [0.5, 0.6) is 0 Å². The molecule has 25 heavy (non-hydrogen) atoms. The molecule has 1 saturated heterocycles. The normalized spacial score (nSPS) is 37.2. The highest BCUT2D eigenvalue weighted by atomic mass is 16.6. The Morgan fingerprint density at radius 3 is 2.48 bits per heavy atom. The molecule has 4 nitrogen and oxygen atoms in total. The Kier molecular flexibility index (Phi) is 5.55. The van der Waals surface area contributed by atoms with Gasteiger partial charge in [0.15, 0.2) is 0 Å². The molecule has 0 radical (unpaired) electrons. The molecule has 4 fully saturated rings. The molecule has 4 rings (SSSR count). The van der Waals surface area contributed by atoms with Gasteiger partial charge in [-0.25, -0.2) is 4.79 Å². The first-order chi connectivity index (χ1) is 11.8. The zero-order chi connectivity index (χ0) is 18.1. The van der Waals surface area contributed by atoms with Gasteiger partial charge in [0.25, 0.3) is 0 Å². The Hall–Kier alpha value is -1.32. The van der Waals surface area contributed by atoms with Crippen molar-refractivity contribution >= 4 is 11.9 Å². The van der Waals surface area contributed by atoms with Crippen LogP contribution >= 0.6 is 0 Å². The van der Waals surface area contributed by atoms with E-state index >= 15 is 0 Å². The molecule has 4 heteroatoms. The van der Waals surface area contributed by atoms with E-state index in [4.69, 9.17) is 9.47 Å². The van der Waals surface area contributed by atoms with E-state index in [1.54, 1.807) is 6.92 Å². The molecular weight excluding hydrogens is 316 g/mol. The number of rotatable bonds is 6. The number of hydrogen-bond acceptors (Lipinski definition) is 4. The summed E-state index contributed by atoms with van der Waals surface area (Å²) in [5.74, 6) is 2.03.